The number of aryl methyl sites for hydroxylation is 1. The first-order valence-corrected chi connectivity index (χ1v) is 8.02. The van der Waals surface area contributed by atoms with Crippen molar-refractivity contribution >= 4 is 11.3 Å². The summed E-state index contributed by atoms with van der Waals surface area (Å²) < 4.78 is 1.86. The predicted octanol–water partition coefficient (Wildman–Crippen LogP) is 3.46. The third kappa shape index (κ3) is 3.19. The van der Waals surface area contributed by atoms with Crippen molar-refractivity contribution in [2.24, 2.45) is 5.73 Å². The minimum absolute atomic E-state index is 0.0574. The Bertz CT molecular complexity index is 601. The van der Waals surface area contributed by atoms with Gasteiger partial charge in [-0.3, -0.25) is 4.79 Å². The molecule has 0 saturated heterocycles. The van der Waals surface area contributed by atoms with E-state index in [9.17, 15) is 4.79 Å². The molecular formula is C16H22N2OS. The topological polar surface area (TPSA) is 48.0 Å². The number of unbranched alkanes of at least 4 members (excludes halogenated alkanes) is 2. The molecule has 1 atom stereocenters. The van der Waals surface area contributed by atoms with Gasteiger partial charge >= 0.3 is 0 Å². The van der Waals surface area contributed by atoms with Gasteiger partial charge in [0.25, 0.3) is 5.56 Å². The number of hydrogen-bond donors (Lipinski definition) is 1. The molecule has 108 valence electrons. The highest BCUT2D eigenvalue weighted by Crippen LogP contribution is 2.21. The van der Waals surface area contributed by atoms with Crippen molar-refractivity contribution in [3.8, 4) is 0 Å². The van der Waals surface area contributed by atoms with E-state index in [4.69, 9.17) is 5.73 Å². The molecule has 2 heterocycles. The molecule has 0 aliphatic carbocycles. The van der Waals surface area contributed by atoms with Gasteiger partial charge in [-0.1, -0.05) is 25.8 Å². The molecule has 0 aliphatic heterocycles. The Morgan fingerprint density at radius 3 is 2.75 bits per heavy atom. The lowest BCUT2D eigenvalue weighted by Crippen LogP contribution is -2.29. The third-order valence-electron chi connectivity index (χ3n) is 3.59. The van der Waals surface area contributed by atoms with Crippen molar-refractivity contribution in [2.75, 3.05) is 0 Å². The first kappa shape index (κ1) is 15.0. The average Bonchev–Trinajstić information content (AvgIpc) is 2.96. The first-order valence-electron chi connectivity index (χ1n) is 7.14. The monoisotopic (exact) mass is 290 g/mol. The lowest BCUT2D eigenvalue weighted by molar-refractivity contribution is 0.570. The fraction of sp³-hybridized carbons (Fsp3) is 0.438. The molecule has 0 spiro atoms. The summed E-state index contributed by atoms with van der Waals surface area (Å²) in [5, 5.41) is 1.99. The highest BCUT2D eigenvalue weighted by Gasteiger charge is 2.15. The molecule has 0 radical (unpaired) electrons. The van der Waals surface area contributed by atoms with Crippen LogP contribution in [0.4, 0.5) is 0 Å². The van der Waals surface area contributed by atoms with Crippen LogP contribution in [0, 0.1) is 6.92 Å². The van der Waals surface area contributed by atoms with E-state index in [1.54, 1.807) is 11.3 Å². The molecule has 0 saturated carbocycles. The van der Waals surface area contributed by atoms with Crippen LogP contribution in [0.2, 0.25) is 0 Å². The summed E-state index contributed by atoms with van der Waals surface area (Å²) in [4.78, 5) is 13.6. The normalized spacial score (nSPS) is 12.6. The van der Waals surface area contributed by atoms with Crippen molar-refractivity contribution in [1.29, 1.82) is 0 Å². The van der Waals surface area contributed by atoms with Crippen LogP contribution in [-0.2, 0) is 6.54 Å². The maximum Gasteiger partial charge on any atom is 0.255 e. The van der Waals surface area contributed by atoms with Gasteiger partial charge in [-0.25, -0.2) is 0 Å². The van der Waals surface area contributed by atoms with Crippen molar-refractivity contribution < 1.29 is 0 Å². The molecule has 2 rings (SSSR count). The number of aromatic nitrogens is 1. The van der Waals surface area contributed by atoms with E-state index in [1.165, 1.54) is 0 Å². The standard InChI is InChI=1S/C16H22N2OS/c1-3-4-5-10-18-12(2)8-9-13(16(18)19)15(17)14-7-6-11-20-14/h6-9,11,15H,3-5,10,17H2,1-2H3. The summed E-state index contributed by atoms with van der Waals surface area (Å²) in [7, 11) is 0. The van der Waals surface area contributed by atoms with Gasteiger partial charge in [0.05, 0.1) is 6.04 Å². The van der Waals surface area contributed by atoms with Gasteiger partial charge in [0.1, 0.15) is 0 Å². The molecule has 0 amide bonds. The zero-order valence-corrected chi connectivity index (χ0v) is 13.0. The summed E-state index contributed by atoms with van der Waals surface area (Å²) in [6.07, 6.45) is 3.34. The second-order valence-corrected chi connectivity index (χ2v) is 6.07. The van der Waals surface area contributed by atoms with Crippen molar-refractivity contribution in [2.45, 2.75) is 45.7 Å². The van der Waals surface area contributed by atoms with Gasteiger partial charge in [-0.05, 0) is 36.9 Å². The van der Waals surface area contributed by atoms with Gasteiger partial charge in [-0.15, -0.1) is 11.3 Å². The van der Waals surface area contributed by atoms with E-state index in [0.717, 1.165) is 36.4 Å². The first-order chi connectivity index (χ1) is 9.65. The summed E-state index contributed by atoms with van der Waals surface area (Å²) in [5.41, 5.74) is 7.99. The van der Waals surface area contributed by atoms with E-state index in [-0.39, 0.29) is 11.6 Å². The number of rotatable bonds is 6. The Balaban J connectivity index is 2.31. The maximum atomic E-state index is 12.6. The minimum Gasteiger partial charge on any atom is -0.319 e. The lowest BCUT2D eigenvalue weighted by Gasteiger charge is -2.15. The van der Waals surface area contributed by atoms with Crippen LogP contribution in [0.5, 0.6) is 0 Å². The average molecular weight is 290 g/mol. The second kappa shape index (κ2) is 6.86. The molecule has 0 fully saturated rings. The summed E-state index contributed by atoms with van der Waals surface area (Å²) in [5.74, 6) is 0. The zero-order valence-electron chi connectivity index (χ0n) is 12.1. The highest BCUT2D eigenvalue weighted by atomic mass is 32.1. The number of pyridine rings is 1. The smallest absolute Gasteiger partial charge is 0.255 e. The predicted molar refractivity (Wildman–Crippen MR) is 85.3 cm³/mol. The zero-order chi connectivity index (χ0) is 14.5. The molecule has 3 nitrogen and oxygen atoms in total. The molecule has 1 unspecified atom stereocenters. The van der Waals surface area contributed by atoms with Crippen LogP contribution in [0.1, 0.15) is 48.4 Å². The summed E-state index contributed by atoms with van der Waals surface area (Å²) in [6, 6.07) is 7.50. The highest BCUT2D eigenvalue weighted by molar-refractivity contribution is 7.10. The Labute approximate surface area is 124 Å². The largest absolute Gasteiger partial charge is 0.319 e. The Morgan fingerprint density at radius 1 is 1.30 bits per heavy atom. The van der Waals surface area contributed by atoms with E-state index in [2.05, 4.69) is 6.92 Å². The van der Waals surface area contributed by atoms with Gasteiger partial charge in [0.15, 0.2) is 0 Å². The van der Waals surface area contributed by atoms with Crippen LogP contribution in [0.25, 0.3) is 0 Å². The quantitative estimate of drug-likeness (QED) is 0.828. The molecule has 0 bridgehead atoms. The van der Waals surface area contributed by atoms with Gasteiger partial charge in [0, 0.05) is 22.7 Å². The molecule has 0 aliphatic rings. The molecule has 2 aromatic rings. The van der Waals surface area contributed by atoms with Gasteiger partial charge in [-0.2, -0.15) is 0 Å². The van der Waals surface area contributed by atoms with Crippen LogP contribution >= 0.6 is 11.3 Å². The fourth-order valence-electron chi connectivity index (χ4n) is 2.34. The lowest BCUT2D eigenvalue weighted by atomic mass is 10.1. The van der Waals surface area contributed by atoms with Gasteiger partial charge < -0.3 is 10.3 Å². The molecule has 0 aromatic carbocycles. The number of nitrogens with two attached hydrogens (primary N) is 1. The van der Waals surface area contributed by atoms with E-state index in [1.807, 2.05) is 41.1 Å². The van der Waals surface area contributed by atoms with Crippen LogP contribution in [0.3, 0.4) is 0 Å². The number of thiophene rings is 1. The van der Waals surface area contributed by atoms with Crippen molar-refractivity contribution in [3.63, 3.8) is 0 Å². The summed E-state index contributed by atoms with van der Waals surface area (Å²) in [6.45, 7) is 4.93. The van der Waals surface area contributed by atoms with E-state index >= 15 is 0 Å². The minimum atomic E-state index is -0.319. The molecule has 20 heavy (non-hydrogen) atoms. The van der Waals surface area contributed by atoms with Crippen LogP contribution in [0.15, 0.2) is 34.4 Å². The van der Waals surface area contributed by atoms with Crippen LogP contribution < -0.4 is 11.3 Å². The SMILES string of the molecule is CCCCCn1c(C)ccc(C(N)c2cccs2)c1=O. The fourth-order valence-corrected chi connectivity index (χ4v) is 3.09. The van der Waals surface area contributed by atoms with Crippen LogP contribution in [-0.4, -0.2) is 4.57 Å². The summed E-state index contributed by atoms with van der Waals surface area (Å²) >= 11 is 1.59. The maximum absolute atomic E-state index is 12.6. The molecule has 2 N–H and O–H groups in total. The van der Waals surface area contributed by atoms with Gasteiger partial charge in [0.2, 0.25) is 0 Å². The van der Waals surface area contributed by atoms with E-state index in [0.29, 0.717) is 5.56 Å². The van der Waals surface area contributed by atoms with E-state index < -0.39 is 0 Å². The molecule has 2 aromatic heterocycles. The Morgan fingerprint density at radius 2 is 2.10 bits per heavy atom. The van der Waals surface area contributed by atoms with Crippen molar-refractivity contribution in [1.82, 2.24) is 4.57 Å². The molecular weight excluding hydrogens is 268 g/mol. The second-order valence-electron chi connectivity index (χ2n) is 5.09. The Hall–Kier alpha value is -1.39. The number of nitrogens with zero attached hydrogens (tertiary/aromatic N) is 1. The number of hydrogen-bond acceptors (Lipinski definition) is 3. The Kier molecular flexibility index (Phi) is 5.15. The molecule has 4 heteroatoms. The third-order valence-corrected chi connectivity index (χ3v) is 4.55. The van der Waals surface area contributed by atoms with Crippen molar-refractivity contribution in [3.05, 3.63) is 56.1 Å².